The molecule has 0 spiro atoms. The number of carbonyl (C=O) groups is 1. The highest BCUT2D eigenvalue weighted by Crippen LogP contribution is 2.29. The van der Waals surface area contributed by atoms with Crippen LogP contribution in [-0.2, 0) is 17.6 Å². The van der Waals surface area contributed by atoms with Crippen LogP contribution in [0.5, 0.6) is 0 Å². The molecule has 0 saturated heterocycles. The zero-order valence-electron chi connectivity index (χ0n) is 10.3. The summed E-state index contributed by atoms with van der Waals surface area (Å²) in [4.78, 5) is 15.4. The molecule has 2 nitrogen and oxygen atoms in total. The van der Waals surface area contributed by atoms with Crippen LogP contribution in [0.15, 0.2) is 35.7 Å². The van der Waals surface area contributed by atoms with Gasteiger partial charge in [0.05, 0.1) is 6.42 Å². The fourth-order valence-electron chi connectivity index (χ4n) is 2.45. The van der Waals surface area contributed by atoms with Gasteiger partial charge >= 0.3 is 0 Å². The summed E-state index contributed by atoms with van der Waals surface area (Å²) < 4.78 is 0. The molecule has 1 aromatic carbocycles. The van der Waals surface area contributed by atoms with Gasteiger partial charge in [0.2, 0.25) is 5.91 Å². The van der Waals surface area contributed by atoms with Crippen LogP contribution < -0.4 is 4.90 Å². The lowest BCUT2D eigenvalue weighted by Crippen LogP contribution is -2.30. The molecule has 1 amide bonds. The zero-order valence-corrected chi connectivity index (χ0v) is 11.2. The van der Waals surface area contributed by atoms with E-state index >= 15 is 0 Å². The third-order valence-corrected chi connectivity index (χ3v) is 4.21. The van der Waals surface area contributed by atoms with Crippen molar-refractivity contribution in [3.8, 4) is 0 Å². The monoisotopic (exact) mass is 257 g/mol. The molecule has 0 fully saturated rings. The highest BCUT2D eigenvalue weighted by molar-refractivity contribution is 7.10. The number of carbonyl (C=O) groups excluding carboxylic acids is 1. The molecule has 0 bridgehead atoms. The summed E-state index contributed by atoms with van der Waals surface area (Å²) in [5.74, 6) is 0.208. The Hall–Kier alpha value is -1.61. The van der Waals surface area contributed by atoms with Crippen LogP contribution >= 0.6 is 11.3 Å². The Labute approximate surface area is 111 Å². The molecule has 18 heavy (non-hydrogen) atoms. The van der Waals surface area contributed by atoms with Gasteiger partial charge in [0.25, 0.3) is 0 Å². The quantitative estimate of drug-likeness (QED) is 0.809. The molecule has 2 aromatic rings. The largest absolute Gasteiger partial charge is 0.312 e. The average molecular weight is 257 g/mol. The molecule has 1 aliphatic rings. The Kier molecular flexibility index (Phi) is 2.92. The van der Waals surface area contributed by atoms with E-state index in [4.69, 9.17) is 0 Å². The normalized spacial score (nSPS) is 13.7. The average Bonchev–Trinajstić information content (AvgIpc) is 2.97. The lowest BCUT2D eigenvalue weighted by Gasteiger charge is -2.17. The van der Waals surface area contributed by atoms with Gasteiger partial charge in [0, 0.05) is 17.1 Å². The highest BCUT2D eigenvalue weighted by Gasteiger charge is 2.24. The Morgan fingerprint density at radius 2 is 2.28 bits per heavy atom. The lowest BCUT2D eigenvalue weighted by atomic mass is 10.1. The smallest absolute Gasteiger partial charge is 0.232 e. The van der Waals surface area contributed by atoms with Gasteiger partial charge in [-0.2, -0.15) is 0 Å². The number of thiophene rings is 1. The summed E-state index contributed by atoms with van der Waals surface area (Å²) in [5.41, 5.74) is 3.66. The molecule has 1 aromatic heterocycles. The Morgan fingerprint density at radius 3 is 3.06 bits per heavy atom. The summed E-state index contributed by atoms with van der Waals surface area (Å²) in [6.45, 7) is 2.92. The maximum Gasteiger partial charge on any atom is 0.232 e. The van der Waals surface area contributed by atoms with Gasteiger partial charge < -0.3 is 4.90 Å². The summed E-state index contributed by atoms with van der Waals surface area (Å²) >= 11 is 1.65. The van der Waals surface area contributed by atoms with E-state index in [2.05, 4.69) is 25.1 Å². The van der Waals surface area contributed by atoms with Gasteiger partial charge in [-0.1, -0.05) is 23.8 Å². The number of hydrogen-bond donors (Lipinski definition) is 0. The van der Waals surface area contributed by atoms with Crippen LogP contribution in [0.3, 0.4) is 0 Å². The van der Waals surface area contributed by atoms with E-state index < -0.39 is 0 Å². The van der Waals surface area contributed by atoms with Crippen molar-refractivity contribution in [1.82, 2.24) is 0 Å². The third-order valence-electron chi connectivity index (χ3n) is 3.34. The summed E-state index contributed by atoms with van der Waals surface area (Å²) in [6.07, 6.45) is 1.50. The molecule has 0 aliphatic carbocycles. The van der Waals surface area contributed by atoms with E-state index in [-0.39, 0.29) is 5.91 Å². The van der Waals surface area contributed by atoms with Crippen molar-refractivity contribution < 1.29 is 4.79 Å². The minimum absolute atomic E-state index is 0.208. The van der Waals surface area contributed by atoms with E-state index in [9.17, 15) is 4.79 Å². The molecular formula is C15H15NOS. The zero-order chi connectivity index (χ0) is 12.5. The first-order valence-electron chi connectivity index (χ1n) is 6.16. The van der Waals surface area contributed by atoms with E-state index in [0.29, 0.717) is 6.42 Å². The molecule has 0 radical (unpaired) electrons. The number of fused-ring (bicyclic) bond motifs is 1. The molecule has 0 atom stereocenters. The van der Waals surface area contributed by atoms with Crippen LogP contribution in [0.25, 0.3) is 0 Å². The second-order valence-corrected chi connectivity index (χ2v) is 5.72. The number of benzene rings is 1. The summed E-state index contributed by atoms with van der Waals surface area (Å²) in [7, 11) is 0. The molecule has 3 rings (SSSR count). The molecule has 92 valence electrons. The number of amides is 1. The van der Waals surface area contributed by atoms with E-state index in [1.165, 1.54) is 11.1 Å². The van der Waals surface area contributed by atoms with Crippen molar-refractivity contribution >= 4 is 22.9 Å². The third kappa shape index (κ3) is 2.06. The molecule has 0 N–H and O–H groups in total. The molecule has 0 unspecified atom stereocenters. The van der Waals surface area contributed by atoms with E-state index in [1.54, 1.807) is 11.3 Å². The molecule has 3 heteroatoms. The summed E-state index contributed by atoms with van der Waals surface area (Å²) in [6, 6.07) is 10.4. The van der Waals surface area contributed by atoms with Crippen molar-refractivity contribution in [1.29, 1.82) is 0 Å². The van der Waals surface area contributed by atoms with Crippen LogP contribution in [0.4, 0.5) is 5.69 Å². The number of nitrogens with zero attached hydrogens (tertiary/aromatic N) is 1. The van der Waals surface area contributed by atoms with Crippen molar-refractivity contribution in [2.24, 2.45) is 0 Å². The molecular weight excluding hydrogens is 242 g/mol. The predicted octanol–water partition coefficient (Wildman–Crippen LogP) is 3.19. The van der Waals surface area contributed by atoms with Crippen molar-refractivity contribution in [2.75, 3.05) is 11.4 Å². The van der Waals surface area contributed by atoms with Gasteiger partial charge in [-0.15, -0.1) is 11.3 Å². The topological polar surface area (TPSA) is 20.3 Å². The first-order valence-corrected chi connectivity index (χ1v) is 7.04. The fraction of sp³-hybridized carbons (Fsp3) is 0.267. The minimum Gasteiger partial charge on any atom is -0.312 e. The van der Waals surface area contributed by atoms with Crippen molar-refractivity contribution in [3.05, 3.63) is 51.7 Å². The van der Waals surface area contributed by atoms with E-state index in [1.807, 2.05) is 22.4 Å². The standard InChI is InChI=1S/C15H15NOS/c1-11-4-5-14-12(9-11)6-7-16(14)15(17)10-13-3-2-8-18-13/h2-5,8-9H,6-7,10H2,1H3. The number of anilines is 1. The van der Waals surface area contributed by atoms with Crippen LogP contribution in [-0.4, -0.2) is 12.5 Å². The highest BCUT2D eigenvalue weighted by atomic mass is 32.1. The van der Waals surface area contributed by atoms with Crippen molar-refractivity contribution in [3.63, 3.8) is 0 Å². The van der Waals surface area contributed by atoms with Crippen LogP contribution in [0, 0.1) is 6.92 Å². The molecule has 0 saturated carbocycles. The number of hydrogen-bond acceptors (Lipinski definition) is 2. The second-order valence-electron chi connectivity index (χ2n) is 4.68. The number of aryl methyl sites for hydroxylation is 1. The maximum absolute atomic E-state index is 12.3. The van der Waals surface area contributed by atoms with Gasteiger partial charge in [0.1, 0.15) is 0 Å². The first-order chi connectivity index (χ1) is 8.74. The first kappa shape index (κ1) is 11.5. The second kappa shape index (κ2) is 4.58. The van der Waals surface area contributed by atoms with Gasteiger partial charge in [-0.3, -0.25) is 4.79 Å². The fourth-order valence-corrected chi connectivity index (χ4v) is 3.14. The lowest BCUT2D eigenvalue weighted by molar-refractivity contribution is -0.117. The molecule has 1 aliphatic heterocycles. The molecule has 2 heterocycles. The van der Waals surface area contributed by atoms with Crippen LogP contribution in [0.2, 0.25) is 0 Å². The van der Waals surface area contributed by atoms with Crippen LogP contribution in [0.1, 0.15) is 16.0 Å². The summed E-state index contributed by atoms with van der Waals surface area (Å²) in [5, 5.41) is 2.02. The van der Waals surface area contributed by atoms with Gasteiger partial charge in [-0.05, 0) is 36.4 Å². The Morgan fingerprint density at radius 1 is 1.39 bits per heavy atom. The Balaban J connectivity index is 1.81. The van der Waals surface area contributed by atoms with Gasteiger partial charge in [-0.25, -0.2) is 0 Å². The van der Waals surface area contributed by atoms with E-state index in [0.717, 1.165) is 23.5 Å². The van der Waals surface area contributed by atoms with Gasteiger partial charge in [0.15, 0.2) is 0 Å². The SMILES string of the molecule is Cc1ccc2c(c1)CCN2C(=O)Cc1cccs1. The Bertz CT molecular complexity index is 574. The van der Waals surface area contributed by atoms with Crippen molar-refractivity contribution in [2.45, 2.75) is 19.8 Å². The maximum atomic E-state index is 12.3. The number of rotatable bonds is 2. The minimum atomic E-state index is 0.208. The predicted molar refractivity (Wildman–Crippen MR) is 75.3 cm³/mol.